The van der Waals surface area contributed by atoms with E-state index >= 15 is 0 Å². The molecule has 1 aliphatic heterocycles. The molecule has 3 rings (SSSR count). The Kier molecular flexibility index (Phi) is 6.31. The van der Waals surface area contributed by atoms with E-state index in [0.717, 1.165) is 12.8 Å². The molecule has 1 heterocycles. The van der Waals surface area contributed by atoms with E-state index in [1.165, 1.54) is 40.7 Å². The highest BCUT2D eigenvalue weighted by Crippen LogP contribution is 2.23. The number of rotatable bonds is 7. The smallest absolute Gasteiger partial charge is 0.265 e. The van der Waals surface area contributed by atoms with Crippen LogP contribution in [-0.4, -0.2) is 37.8 Å². The quantitative estimate of drug-likeness (QED) is 0.765. The molecule has 1 saturated heterocycles. The zero-order chi connectivity index (χ0) is 20.1. The number of halogens is 1. The lowest BCUT2D eigenvalue weighted by molar-refractivity contribution is -0.122. The van der Waals surface area contributed by atoms with Gasteiger partial charge in [-0.3, -0.25) is 4.79 Å². The van der Waals surface area contributed by atoms with Crippen molar-refractivity contribution >= 4 is 21.6 Å². The molecule has 1 atom stereocenters. The van der Waals surface area contributed by atoms with Gasteiger partial charge in [0, 0.05) is 18.8 Å². The molecule has 150 valence electrons. The average Bonchev–Trinajstić information content (AvgIpc) is 3.23. The maximum Gasteiger partial charge on any atom is 0.265 e. The standard InChI is InChI=1S/C20H23FN2O4S/c1-2-18(27-19-8-4-3-7-17(19)21)20(24)22-15-9-11-16(12-10-15)28(25,26)23-13-5-6-14-23/h3-4,7-12,18H,2,5-6,13-14H2,1H3,(H,22,24). The van der Waals surface area contributed by atoms with Crippen molar-refractivity contribution in [1.29, 1.82) is 0 Å². The molecule has 0 spiro atoms. The Balaban J connectivity index is 1.67. The van der Waals surface area contributed by atoms with E-state index in [2.05, 4.69) is 5.32 Å². The molecule has 1 aliphatic rings. The van der Waals surface area contributed by atoms with Crippen LogP contribution in [0.15, 0.2) is 53.4 Å². The number of nitrogens with zero attached hydrogens (tertiary/aromatic N) is 1. The summed E-state index contributed by atoms with van der Waals surface area (Å²) in [7, 11) is -3.50. The monoisotopic (exact) mass is 406 g/mol. The Labute approximate surface area is 164 Å². The molecule has 1 N–H and O–H groups in total. The van der Waals surface area contributed by atoms with Crippen molar-refractivity contribution in [3.05, 3.63) is 54.3 Å². The lowest BCUT2D eigenvalue weighted by Crippen LogP contribution is -2.32. The predicted octanol–water partition coefficient (Wildman–Crippen LogP) is 3.41. The van der Waals surface area contributed by atoms with Gasteiger partial charge in [0.1, 0.15) is 0 Å². The molecule has 0 radical (unpaired) electrons. The van der Waals surface area contributed by atoms with Gasteiger partial charge in [-0.25, -0.2) is 12.8 Å². The molecule has 8 heteroatoms. The molecular weight excluding hydrogens is 383 g/mol. The highest BCUT2D eigenvalue weighted by molar-refractivity contribution is 7.89. The fourth-order valence-corrected chi connectivity index (χ4v) is 4.54. The van der Waals surface area contributed by atoms with Gasteiger partial charge in [-0.2, -0.15) is 4.31 Å². The molecule has 6 nitrogen and oxygen atoms in total. The van der Waals surface area contributed by atoms with Crippen LogP contribution in [0.3, 0.4) is 0 Å². The first-order valence-corrected chi connectivity index (χ1v) is 10.7. The van der Waals surface area contributed by atoms with Crippen molar-refractivity contribution in [2.24, 2.45) is 0 Å². The summed E-state index contributed by atoms with van der Waals surface area (Å²) in [6.45, 7) is 2.83. The van der Waals surface area contributed by atoms with Gasteiger partial charge >= 0.3 is 0 Å². The van der Waals surface area contributed by atoms with Crippen LogP contribution in [0.5, 0.6) is 5.75 Å². The van der Waals surface area contributed by atoms with Gasteiger partial charge in [-0.15, -0.1) is 0 Å². The fraction of sp³-hybridized carbons (Fsp3) is 0.350. The number of hydrogen-bond donors (Lipinski definition) is 1. The lowest BCUT2D eigenvalue weighted by atomic mass is 10.2. The molecule has 2 aromatic carbocycles. The Morgan fingerprint density at radius 2 is 1.79 bits per heavy atom. The van der Waals surface area contributed by atoms with Crippen LogP contribution in [0.2, 0.25) is 0 Å². The third kappa shape index (κ3) is 4.51. The maximum absolute atomic E-state index is 13.7. The summed E-state index contributed by atoms with van der Waals surface area (Å²) in [5, 5.41) is 2.69. The summed E-state index contributed by atoms with van der Waals surface area (Å²) in [5.41, 5.74) is 0.445. The number of carbonyl (C=O) groups is 1. The van der Waals surface area contributed by atoms with E-state index in [0.29, 0.717) is 25.2 Å². The van der Waals surface area contributed by atoms with Crippen LogP contribution < -0.4 is 10.1 Å². The molecule has 1 unspecified atom stereocenters. The third-order valence-corrected chi connectivity index (χ3v) is 6.51. The second-order valence-electron chi connectivity index (χ2n) is 6.57. The highest BCUT2D eigenvalue weighted by Gasteiger charge is 2.27. The summed E-state index contributed by atoms with van der Waals surface area (Å²) in [4.78, 5) is 12.7. The second-order valence-corrected chi connectivity index (χ2v) is 8.51. The van der Waals surface area contributed by atoms with Crippen molar-refractivity contribution in [2.45, 2.75) is 37.2 Å². The first-order valence-electron chi connectivity index (χ1n) is 9.24. The average molecular weight is 406 g/mol. The van der Waals surface area contributed by atoms with E-state index in [9.17, 15) is 17.6 Å². The molecule has 0 aromatic heterocycles. The van der Waals surface area contributed by atoms with E-state index < -0.39 is 27.9 Å². The van der Waals surface area contributed by atoms with Gasteiger partial charge in [0.05, 0.1) is 4.90 Å². The zero-order valence-electron chi connectivity index (χ0n) is 15.6. The summed E-state index contributed by atoms with van der Waals surface area (Å²) in [6, 6.07) is 11.9. The van der Waals surface area contributed by atoms with Crippen LogP contribution in [0.4, 0.5) is 10.1 Å². The van der Waals surface area contributed by atoms with Crippen LogP contribution >= 0.6 is 0 Å². The summed E-state index contributed by atoms with van der Waals surface area (Å²) in [5.74, 6) is -0.956. The van der Waals surface area contributed by atoms with Gasteiger partial charge in [0.15, 0.2) is 17.7 Å². The molecule has 2 aromatic rings. The number of sulfonamides is 1. The molecule has 1 fully saturated rings. The van der Waals surface area contributed by atoms with E-state index in [1.807, 2.05) is 0 Å². The molecule has 0 aliphatic carbocycles. The number of nitrogens with one attached hydrogen (secondary N) is 1. The number of amides is 1. The van der Waals surface area contributed by atoms with Crippen LogP contribution in [0.25, 0.3) is 0 Å². The van der Waals surface area contributed by atoms with E-state index in [4.69, 9.17) is 4.74 Å². The highest BCUT2D eigenvalue weighted by atomic mass is 32.2. The molecular formula is C20H23FN2O4S. The van der Waals surface area contributed by atoms with Gasteiger partial charge in [-0.05, 0) is 55.7 Å². The van der Waals surface area contributed by atoms with Gasteiger partial charge in [-0.1, -0.05) is 19.1 Å². The molecule has 1 amide bonds. The molecule has 0 bridgehead atoms. The predicted molar refractivity (Wildman–Crippen MR) is 104 cm³/mol. The normalized spacial score (nSPS) is 15.9. The molecule has 28 heavy (non-hydrogen) atoms. The maximum atomic E-state index is 13.7. The third-order valence-electron chi connectivity index (χ3n) is 4.59. The van der Waals surface area contributed by atoms with Crippen molar-refractivity contribution in [2.75, 3.05) is 18.4 Å². The first kappa shape index (κ1) is 20.3. The Bertz CT molecular complexity index is 925. The van der Waals surface area contributed by atoms with Gasteiger partial charge < -0.3 is 10.1 Å². The number of hydrogen-bond acceptors (Lipinski definition) is 4. The Hall–Kier alpha value is -2.45. The second kappa shape index (κ2) is 8.70. The fourth-order valence-electron chi connectivity index (χ4n) is 3.03. The SMILES string of the molecule is CCC(Oc1ccccc1F)C(=O)Nc1ccc(S(=O)(=O)N2CCCC2)cc1. The largest absolute Gasteiger partial charge is 0.478 e. The zero-order valence-corrected chi connectivity index (χ0v) is 16.4. The van der Waals surface area contributed by atoms with Crippen molar-refractivity contribution < 1.29 is 22.3 Å². The summed E-state index contributed by atoms with van der Waals surface area (Å²) < 4.78 is 45.8. The Morgan fingerprint density at radius 1 is 1.14 bits per heavy atom. The number of anilines is 1. The van der Waals surface area contributed by atoms with Crippen LogP contribution in [0.1, 0.15) is 26.2 Å². The Morgan fingerprint density at radius 3 is 2.39 bits per heavy atom. The van der Waals surface area contributed by atoms with Crippen molar-refractivity contribution in [3.8, 4) is 5.75 Å². The lowest BCUT2D eigenvalue weighted by Gasteiger charge is -2.18. The summed E-state index contributed by atoms with van der Waals surface area (Å²) >= 11 is 0. The van der Waals surface area contributed by atoms with Crippen LogP contribution in [-0.2, 0) is 14.8 Å². The van der Waals surface area contributed by atoms with E-state index in [-0.39, 0.29) is 10.6 Å². The van der Waals surface area contributed by atoms with Crippen LogP contribution in [0, 0.1) is 5.82 Å². The van der Waals surface area contributed by atoms with Crippen molar-refractivity contribution in [3.63, 3.8) is 0 Å². The first-order chi connectivity index (χ1) is 13.4. The van der Waals surface area contributed by atoms with E-state index in [1.54, 1.807) is 19.1 Å². The number of ether oxygens (including phenoxy) is 1. The number of para-hydroxylation sites is 1. The summed E-state index contributed by atoms with van der Waals surface area (Å²) in [6.07, 6.45) is 1.22. The van der Waals surface area contributed by atoms with Gasteiger partial charge in [0.2, 0.25) is 10.0 Å². The number of carbonyl (C=O) groups excluding carboxylic acids is 1. The minimum atomic E-state index is -3.50. The topological polar surface area (TPSA) is 75.7 Å². The minimum Gasteiger partial charge on any atom is -0.478 e. The van der Waals surface area contributed by atoms with Gasteiger partial charge in [0.25, 0.3) is 5.91 Å². The minimum absolute atomic E-state index is 0.0107. The number of benzene rings is 2. The molecule has 0 saturated carbocycles. The van der Waals surface area contributed by atoms with Crippen molar-refractivity contribution in [1.82, 2.24) is 4.31 Å².